The molecule has 1 aromatic carbocycles. The summed E-state index contributed by atoms with van der Waals surface area (Å²) >= 11 is 0. The maximum Gasteiger partial charge on any atom is 0.290 e. The molecule has 0 aromatic heterocycles. The van der Waals surface area contributed by atoms with Crippen LogP contribution in [0.25, 0.3) is 0 Å². The quantitative estimate of drug-likeness (QED) is 0.877. The molecular formula is C17H21NO4. The Bertz CT molecular complexity index is 604. The summed E-state index contributed by atoms with van der Waals surface area (Å²) in [6, 6.07) is 6.67. The molecule has 1 aromatic rings. The van der Waals surface area contributed by atoms with Gasteiger partial charge in [0.25, 0.3) is 5.91 Å². The van der Waals surface area contributed by atoms with Crippen LogP contribution in [0.15, 0.2) is 35.6 Å². The third-order valence-corrected chi connectivity index (χ3v) is 3.87. The standard InChI is InChI=1S/C17H21NO4/c1-4-5-10-18-15(12-6-8-13(22-3)9-7-12)14(11(2)19)16(20)17(18)21/h6-9,15,20H,4-5,10H2,1-3H3. The van der Waals surface area contributed by atoms with Crippen molar-refractivity contribution in [1.29, 1.82) is 0 Å². The number of ether oxygens (including phenoxy) is 1. The Kier molecular flexibility index (Phi) is 4.85. The predicted molar refractivity (Wildman–Crippen MR) is 82.7 cm³/mol. The lowest BCUT2D eigenvalue weighted by Gasteiger charge is -2.26. The molecule has 0 saturated carbocycles. The van der Waals surface area contributed by atoms with Crippen molar-refractivity contribution in [2.75, 3.05) is 13.7 Å². The number of carbonyl (C=O) groups is 2. The van der Waals surface area contributed by atoms with E-state index >= 15 is 0 Å². The molecular weight excluding hydrogens is 282 g/mol. The molecule has 0 saturated heterocycles. The van der Waals surface area contributed by atoms with Crippen molar-refractivity contribution in [1.82, 2.24) is 4.90 Å². The molecule has 1 amide bonds. The number of amides is 1. The van der Waals surface area contributed by atoms with Crippen molar-refractivity contribution in [3.63, 3.8) is 0 Å². The van der Waals surface area contributed by atoms with Gasteiger partial charge in [-0.25, -0.2) is 0 Å². The number of ketones is 1. The van der Waals surface area contributed by atoms with E-state index in [-0.39, 0.29) is 11.4 Å². The van der Waals surface area contributed by atoms with Crippen LogP contribution < -0.4 is 4.74 Å². The van der Waals surface area contributed by atoms with Gasteiger partial charge >= 0.3 is 0 Å². The Hall–Kier alpha value is -2.30. The van der Waals surface area contributed by atoms with Gasteiger partial charge in [-0.3, -0.25) is 9.59 Å². The van der Waals surface area contributed by atoms with E-state index in [1.807, 2.05) is 19.1 Å². The molecule has 118 valence electrons. The summed E-state index contributed by atoms with van der Waals surface area (Å²) in [5, 5.41) is 10.1. The maximum atomic E-state index is 12.3. The van der Waals surface area contributed by atoms with Crippen molar-refractivity contribution >= 4 is 11.7 Å². The summed E-state index contributed by atoms with van der Waals surface area (Å²) in [7, 11) is 1.58. The molecule has 0 bridgehead atoms. The van der Waals surface area contributed by atoms with Crippen molar-refractivity contribution in [3.05, 3.63) is 41.2 Å². The number of Topliss-reactive ketones (excluding diaryl/α,β-unsaturated/α-hetero) is 1. The lowest BCUT2D eigenvalue weighted by atomic mass is 9.96. The zero-order chi connectivity index (χ0) is 16.3. The number of carbonyl (C=O) groups excluding carboxylic acids is 2. The van der Waals surface area contributed by atoms with Gasteiger partial charge in [0, 0.05) is 6.54 Å². The van der Waals surface area contributed by atoms with Crippen LogP contribution in [-0.2, 0) is 9.59 Å². The number of nitrogens with zero attached hydrogens (tertiary/aromatic N) is 1. The molecule has 1 aliphatic heterocycles. The highest BCUT2D eigenvalue weighted by Gasteiger charge is 2.41. The van der Waals surface area contributed by atoms with Gasteiger partial charge in [-0.15, -0.1) is 0 Å². The Labute approximate surface area is 130 Å². The van der Waals surface area contributed by atoms with E-state index in [1.54, 1.807) is 24.1 Å². The second-order valence-corrected chi connectivity index (χ2v) is 5.35. The van der Waals surface area contributed by atoms with Crippen molar-refractivity contribution < 1.29 is 19.4 Å². The highest BCUT2D eigenvalue weighted by Crippen LogP contribution is 2.38. The second-order valence-electron chi connectivity index (χ2n) is 5.35. The third kappa shape index (κ3) is 2.84. The number of unbranched alkanes of at least 4 members (excludes halogenated alkanes) is 1. The summed E-state index contributed by atoms with van der Waals surface area (Å²) in [4.78, 5) is 25.7. The highest BCUT2D eigenvalue weighted by atomic mass is 16.5. The minimum atomic E-state index is -0.526. The summed E-state index contributed by atoms with van der Waals surface area (Å²) in [6.45, 7) is 3.91. The molecule has 2 rings (SSSR count). The fraction of sp³-hybridized carbons (Fsp3) is 0.412. The minimum Gasteiger partial charge on any atom is -0.503 e. The first-order valence-corrected chi connectivity index (χ1v) is 7.40. The molecule has 0 radical (unpaired) electrons. The molecule has 1 N–H and O–H groups in total. The Morgan fingerprint density at radius 3 is 2.45 bits per heavy atom. The fourth-order valence-corrected chi connectivity index (χ4v) is 2.71. The topological polar surface area (TPSA) is 66.8 Å². The zero-order valence-corrected chi connectivity index (χ0v) is 13.1. The first-order chi connectivity index (χ1) is 10.5. The van der Waals surface area contributed by atoms with Crippen molar-refractivity contribution in [3.8, 4) is 5.75 Å². The number of rotatable bonds is 6. The van der Waals surface area contributed by atoms with E-state index in [0.29, 0.717) is 12.3 Å². The summed E-state index contributed by atoms with van der Waals surface area (Å²) in [5.74, 6) is -0.486. The smallest absolute Gasteiger partial charge is 0.290 e. The second kappa shape index (κ2) is 6.64. The molecule has 0 aliphatic carbocycles. The van der Waals surface area contributed by atoms with Gasteiger partial charge in [0.1, 0.15) is 5.75 Å². The lowest BCUT2D eigenvalue weighted by molar-refractivity contribution is -0.129. The number of hydrogen-bond donors (Lipinski definition) is 1. The van der Waals surface area contributed by atoms with Crippen molar-refractivity contribution in [2.45, 2.75) is 32.7 Å². The van der Waals surface area contributed by atoms with Gasteiger partial charge in [-0.1, -0.05) is 25.5 Å². The van der Waals surface area contributed by atoms with Crippen LogP contribution in [-0.4, -0.2) is 35.4 Å². The van der Waals surface area contributed by atoms with Gasteiger partial charge in [-0.2, -0.15) is 0 Å². The van der Waals surface area contributed by atoms with E-state index in [2.05, 4.69) is 0 Å². The molecule has 5 heteroatoms. The van der Waals surface area contributed by atoms with Crippen LogP contribution in [0, 0.1) is 0 Å². The third-order valence-electron chi connectivity index (χ3n) is 3.87. The summed E-state index contributed by atoms with van der Waals surface area (Å²) < 4.78 is 5.13. The minimum absolute atomic E-state index is 0.172. The highest BCUT2D eigenvalue weighted by molar-refractivity contribution is 6.08. The van der Waals surface area contributed by atoms with E-state index in [9.17, 15) is 14.7 Å². The molecule has 5 nitrogen and oxygen atoms in total. The van der Waals surface area contributed by atoms with Gasteiger partial charge in [0.15, 0.2) is 11.5 Å². The molecule has 22 heavy (non-hydrogen) atoms. The van der Waals surface area contributed by atoms with E-state index in [0.717, 1.165) is 18.4 Å². The van der Waals surface area contributed by atoms with E-state index in [1.165, 1.54) is 6.92 Å². The van der Waals surface area contributed by atoms with Gasteiger partial charge in [0.2, 0.25) is 0 Å². The van der Waals surface area contributed by atoms with Crippen molar-refractivity contribution in [2.24, 2.45) is 0 Å². The number of hydrogen-bond acceptors (Lipinski definition) is 4. The van der Waals surface area contributed by atoms with Crippen LogP contribution in [0.3, 0.4) is 0 Å². The zero-order valence-electron chi connectivity index (χ0n) is 13.1. The largest absolute Gasteiger partial charge is 0.503 e. The molecule has 0 fully saturated rings. The number of aliphatic hydroxyl groups is 1. The Balaban J connectivity index is 2.43. The molecule has 1 aliphatic rings. The van der Waals surface area contributed by atoms with Crippen LogP contribution in [0.5, 0.6) is 5.75 Å². The van der Waals surface area contributed by atoms with Gasteiger partial charge in [-0.05, 0) is 31.0 Å². The number of benzene rings is 1. The Morgan fingerprint density at radius 1 is 1.32 bits per heavy atom. The summed E-state index contributed by atoms with van der Waals surface area (Å²) in [5.41, 5.74) is 0.964. The number of aliphatic hydroxyl groups excluding tert-OH is 1. The molecule has 1 unspecified atom stereocenters. The SMILES string of the molecule is CCCCN1C(=O)C(O)=C(C(C)=O)C1c1ccc(OC)cc1. The van der Waals surface area contributed by atoms with Crippen LogP contribution in [0.2, 0.25) is 0 Å². The first kappa shape index (κ1) is 16.1. The van der Waals surface area contributed by atoms with Crippen LogP contribution >= 0.6 is 0 Å². The first-order valence-electron chi connectivity index (χ1n) is 7.40. The normalized spacial score (nSPS) is 18.0. The fourth-order valence-electron chi connectivity index (χ4n) is 2.71. The molecule has 1 heterocycles. The average Bonchev–Trinajstić information content (AvgIpc) is 2.77. The van der Waals surface area contributed by atoms with Gasteiger partial charge < -0.3 is 14.7 Å². The Morgan fingerprint density at radius 2 is 1.95 bits per heavy atom. The molecule has 0 spiro atoms. The van der Waals surface area contributed by atoms with E-state index in [4.69, 9.17) is 4.74 Å². The van der Waals surface area contributed by atoms with Crippen LogP contribution in [0.1, 0.15) is 38.3 Å². The number of methoxy groups -OCH3 is 1. The lowest BCUT2D eigenvalue weighted by Crippen LogP contribution is -2.31. The monoisotopic (exact) mass is 303 g/mol. The van der Waals surface area contributed by atoms with Crippen LogP contribution in [0.4, 0.5) is 0 Å². The average molecular weight is 303 g/mol. The predicted octanol–water partition coefficient (Wildman–Crippen LogP) is 2.78. The molecule has 1 atom stereocenters. The maximum absolute atomic E-state index is 12.3. The van der Waals surface area contributed by atoms with E-state index < -0.39 is 17.7 Å². The summed E-state index contributed by atoms with van der Waals surface area (Å²) in [6.07, 6.45) is 1.74. The van der Waals surface area contributed by atoms with Gasteiger partial charge in [0.05, 0.1) is 18.7 Å².